The van der Waals surface area contributed by atoms with Gasteiger partial charge in [-0.1, -0.05) is 0 Å². The Bertz CT molecular complexity index is 243. The molecule has 0 spiro atoms. The van der Waals surface area contributed by atoms with Crippen LogP contribution in [0.5, 0.6) is 0 Å². The minimum atomic E-state index is -3.06. The Morgan fingerprint density at radius 1 is 1.54 bits per heavy atom. The highest BCUT2D eigenvalue weighted by Crippen LogP contribution is 2.06. The summed E-state index contributed by atoms with van der Waals surface area (Å²) in [5.41, 5.74) is 0. The molecule has 0 radical (unpaired) electrons. The molecule has 4 nitrogen and oxygen atoms in total. The van der Waals surface area contributed by atoms with Gasteiger partial charge in [-0.25, -0.2) is 13.1 Å². The molecule has 1 aliphatic rings. The number of hydrogen-bond donors (Lipinski definition) is 2. The number of nitrogens with one attached hydrogen (secondary N) is 2. The van der Waals surface area contributed by atoms with Crippen LogP contribution in [0.4, 0.5) is 0 Å². The molecule has 1 atom stereocenters. The summed E-state index contributed by atoms with van der Waals surface area (Å²) in [7, 11) is -3.06. The molecule has 0 amide bonds. The first-order valence-corrected chi connectivity index (χ1v) is 6.26. The van der Waals surface area contributed by atoms with Gasteiger partial charge in [0, 0.05) is 6.54 Å². The van der Waals surface area contributed by atoms with E-state index in [4.69, 9.17) is 0 Å². The van der Waals surface area contributed by atoms with Gasteiger partial charge in [0.15, 0.2) is 0 Å². The van der Waals surface area contributed by atoms with E-state index in [0.717, 1.165) is 19.5 Å². The third-order valence-electron chi connectivity index (χ3n) is 2.36. The van der Waals surface area contributed by atoms with E-state index < -0.39 is 10.0 Å². The van der Waals surface area contributed by atoms with Gasteiger partial charge in [-0.2, -0.15) is 0 Å². The van der Waals surface area contributed by atoms with Crippen molar-refractivity contribution in [3.63, 3.8) is 0 Å². The van der Waals surface area contributed by atoms with Gasteiger partial charge in [0.25, 0.3) is 0 Å². The SMILES string of the molecule is CC(C)S(=O)(=O)NCC1CCNC1. The average molecular weight is 206 g/mol. The zero-order valence-corrected chi connectivity index (χ0v) is 9.02. The van der Waals surface area contributed by atoms with Crippen molar-refractivity contribution in [2.45, 2.75) is 25.5 Å². The van der Waals surface area contributed by atoms with E-state index in [1.54, 1.807) is 13.8 Å². The molecule has 1 saturated heterocycles. The zero-order valence-electron chi connectivity index (χ0n) is 8.21. The molecule has 0 aromatic heterocycles. The lowest BCUT2D eigenvalue weighted by Crippen LogP contribution is -2.35. The normalized spacial score (nSPS) is 24.1. The summed E-state index contributed by atoms with van der Waals surface area (Å²) in [5.74, 6) is 0.466. The highest BCUT2D eigenvalue weighted by molar-refractivity contribution is 7.90. The second-order valence-electron chi connectivity index (χ2n) is 3.80. The Labute approximate surface area is 80.1 Å². The summed E-state index contributed by atoms with van der Waals surface area (Å²) in [5, 5.41) is 2.87. The first kappa shape index (κ1) is 10.9. The minimum absolute atomic E-state index is 0.332. The number of hydrogen-bond acceptors (Lipinski definition) is 3. The second-order valence-corrected chi connectivity index (χ2v) is 6.12. The van der Waals surface area contributed by atoms with Crippen molar-refractivity contribution in [2.24, 2.45) is 5.92 Å². The average Bonchev–Trinajstić information content (AvgIpc) is 2.52. The fourth-order valence-corrected chi connectivity index (χ4v) is 2.09. The molecule has 13 heavy (non-hydrogen) atoms. The van der Waals surface area contributed by atoms with Crippen LogP contribution in [0.3, 0.4) is 0 Å². The van der Waals surface area contributed by atoms with Crippen LogP contribution in [0, 0.1) is 5.92 Å². The van der Waals surface area contributed by atoms with Gasteiger partial charge in [0.2, 0.25) is 10.0 Å². The molecule has 0 aromatic rings. The maximum atomic E-state index is 11.4. The van der Waals surface area contributed by atoms with Gasteiger partial charge >= 0.3 is 0 Å². The van der Waals surface area contributed by atoms with E-state index in [-0.39, 0.29) is 5.25 Å². The van der Waals surface area contributed by atoms with E-state index >= 15 is 0 Å². The molecule has 0 aromatic carbocycles. The quantitative estimate of drug-likeness (QED) is 0.676. The van der Waals surface area contributed by atoms with Crippen molar-refractivity contribution >= 4 is 10.0 Å². The van der Waals surface area contributed by atoms with E-state index in [1.807, 2.05) is 0 Å². The van der Waals surface area contributed by atoms with Crippen molar-refractivity contribution in [1.29, 1.82) is 0 Å². The molecule has 2 N–H and O–H groups in total. The molecule has 1 fully saturated rings. The molecule has 0 saturated carbocycles. The van der Waals surface area contributed by atoms with Crippen LogP contribution >= 0.6 is 0 Å². The maximum absolute atomic E-state index is 11.4. The van der Waals surface area contributed by atoms with Gasteiger partial charge in [-0.3, -0.25) is 0 Å². The molecule has 78 valence electrons. The third-order valence-corrected chi connectivity index (χ3v) is 4.17. The van der Waals surface area contributed by atoms with Gasteiger partial charge in [-0.15, -0.1) is 0 Å². The van der Waals surface area contributed by atoms with E-state index in [9.17, 15) is 8.42 Å². The fraction of sp³-hybridized carbons (Fsp3) is 1.00. The lowest BCUT2D eigenvalue weighted by atomic mass is 10.1. The van der Waals surface area contributed by atoms with E-state index in [0.29, 0.717) is 12.5 Å². The molecule has 1 unspecified atom stereocenters. The maximum Gasteiger partial charge on any atom is 0.213 e. The summed E-state index contributed by atoms with van der Waals surface area (Å²) in [4.78, 5) is 0. The largest absolute Gasteiger partial charge is 0.316 e. The Hall–Kier alpha value is -0.130. The topological polar surface area (TPSA) is 58.2 Å². The van der Waals surface area contributed by atoms with Crippen LogP contribution in [0.2, 0.25) is 0 Å². The standard InChI is InChI=1S/C8H18N2O2S/c1-7(2)13(11,12)10-6-8-3-4-9-5-8/h7-10H,3-6H2,1-2H3. The van der Waals surface area contributed by atoms with Crippen LogP contribution in [0.1, 0.15) is 20.3 Å². The van der Waals surface area contributed by atoms with Crippen LogP contribution < -0.4 is 10.0 Å². The summed E-state index contributed by atoms with van der Waals surface area (Å²) in [6.07, 6.45) is 1.07. The first-order valence-electron chi connectivity index (χ1n) is 4.71. The molecule has 0 bridgehead atoms. The predicted molar refractivity (Wildman–Crippen MR) is 53.0 cm³/mol. The molecule has 5 heteroatoms. The van der Waals surface area contributed by atoms with Crippen LogP contribution in [0.25, 0.3) is 0 Å². The highest BCUT2D eigenvalue weighted by Gasteiger charge is 2.19. The Kier molecular flexibility index (Phi) is 3.70. The van der Waals surface area contributed by atoms with Crippen LogP contribution in [-0.4, -0.2) is 33.3 Å². The van der Waals surface area contributed by atoms with Crippen molar-refractivity contribution < 1.29 is 8.42 Å². The number of rotatable bonds is 4. The van der Waals surface area contributed by atoms with Crippen molar-refractivity contribution in [2.75, 3.05) is 19.6 Å². The summed E-state index contributed by atoms with van der Waals surface area (Å²) >= 11 is 0. The summed E-state index contributed by atoms with van der Waals surface area (Å²) < 4.78 is 25.3. The zero-order chi connectivity index (χ0) is 9.90. The Morgan fingerprint density at radius 2 is 2.23 bits per heavy atom. The van der Waals surface area contributed by atoms with Gasteiger partial charge in [0.05, 0.1) is 5.25 Å². The number of sulfonamides is 1. The third kappa shape index (κ3) is 3.25. The summed E-state index contributed by atoms with van der Waals surface area (Å²) in [6.45, 7) is 5.90. The van der Waals surface area contributed by atoms with E-state index in [1.165, 1.54) is 0 Å². The molecular formula is C8H18N2O2S. The molecule has 0 aliphatic carbocycles. The molecule has 1 aliphatic heterocycles. The molecule has 1 heterocycles. The van der Waals surface area contributed by atoms with Crippen LogP contribution in [-0.2, 0) is 10.0 Å². The second kappa shape index (κ2) is 4.39. The fourth-order valence-electron chi connectivity index (χ4n) is 1.29. The molecular weight excluding hydrogens is 188 g/mol. The lowest BCUT2D eigenvalue weighted by Gasteiger charge is -2.12. The predicted octanol–water partition coefficient (Wildman–Crippen LogP) is -0.0763. The monoisotopic (exact) mass is 206 g/mol. The molecule has 1 rings (SSSR count). The van der Waals surface area contributed by atoms with Gasteiger partial charge in [-0.05, 0) is 39.3 Å². The Morgan fingerprint density at radius 3 is 2.69 bits per heavy atom. The smallest absolute Gasteiger partial charge is 0.213 e. The van der Waals surface area contributed by atoms with Crippen molar-refractivity contribution in [1.82, 2.24) is 10.0 Å². The van der Waals surface area contributed by atoms with Crippen molar-refractivity contribution in [3.05, 3.63) is 0 Å². The van der Waals surface area contributed by atoms with E-state index in [2.05, 4.69) is 10.0 Å². The van der Waals surface area contributed by atoms with Gasteiger partial charge in [0.1, 0.15) is 0 Å². The van der Waals surface area contributed by atoms with Crippen LogP contribution in [0.15, 0.2) is 0 Å². The minimum Gasteiger partial charge on any atom is -0.316 e. The lowest BCUT2D eigenvalue weighted by molar-refractivity contribution is 0.533. The van der Waals surface area contributed by atoms with Crippen molar-refractivity contribution in [3.8, 4) is 0 Å². The van der Waals surface area contributed by atoms with Gasteiger partial charge < -0.3 is 5.32 Å². The Balaban J connectivity index is 2.33. The first-order chi connectivity index (χ1) is 6.02. The summed E-state index contributed by atoms with van der Waals surface area (Å²) in [6, 6.07) is 0. The highest BCUT2D eigenvalue weighted by atomic mass is 32.2.